The largest absolute Gasteiger partial charge is 0.363 e. The Labute approximate surface area is 135 Å². The van der Waals surface area contributed by atoms with Gasteiger partial charge < -0.3 is 10.2 Å². The van der Waals surface area contributed by atoms with Gasteiger partial charge in [-0.1, -0.05) is 36.4 Å². The van der Waals surface area contributed by atoms with Crippen LogP contribution in [0.3, 0.4) is 0 Å². The minimum atomic E-state index is -0.107. The van der Waals surface area contributed by atoms with E-state index in [4.69, 9.17) is 0 Å². The van der Waals surface area contributed by atoms with Gasteiger partial charge >= 0.3 is 0 Å². The Balaban J connectivity index is 2.05. The normalized spacial score (nSPS) is 10.6. The smallest absolute Gasteiger partial charge is 0.255 e. The van der Waals surface area contributed by atoms with E-state index >= 15 is 0 Å². The third-order valence-electron chi connectivity index (χ3n) is 3.80. The zero-order chi connectivity index (χ0) is 16.4. The first-order valence-corrected chi connectivity index (χ1v) is 7.50. The monoisotopic (exact) mass is 305 g/mol. The molecular formula is C19H19N3O. The van der Waals surface area contributed by atoms with Crippen LogP contribution < -0.4 is 10.2 Å². The molecule has 2 aromatic carbocycles. The molecule has 4 nitrogen and oxygen atoms in total. The number of fused-ring (bicyclic) bond motifs is 1. The summed E-state index contributed by atoms with van der Waals surface area (Å²) in [6, 6.07) is 17.3. The summed E-state index contributed by atoms with van der Waals surface area (Å²) in [6.45, 7) is 1.94. The number of nitrogens with zero attached hydrogens (tertiary/aromatic N) is 2. The van der Waals surface area contributed by atoms with E-state index < -0.39 is 0 Å². The summed E-state index contributed by atoms with van der Waals surface area (Å²) in [6.07, 6.45) is 0. The third-order valence-corrected chi connectivity index (χ3v) is 3.80. The first-order valence-electron chi connectivity index (χ1n) is 7.50. The number of amides is 1. The van der Waals surface area contributed by atoms with E-state index in [1.54, 1.807) is 0 Å². The highest BCUT2D eigenvalue weighted by atomic mass is 16.1. The molecule has 0 aliphatic rings. The predicted octanol–water partition coefficient (Wildman–Crippen LogP) is 3.86. The highest BCUT2D eigenvalue weighted by Crippen LogP contribution is 2.27. The SMILES string of the molecule is Cc1ccccc1C(=O)Nc1cc(N(C)C)nc2ccccc12. The summed E-state index contributed by atoms with van der Waals surface area (Å²) in [5.74, 6) is 0.702. The first kappa shape index (κ1) is 15.0. The van der Waals surface area contributed by atoms with Crippen LogP contribution in [0.2, 0.25) is 0 Å². The Morgan fingerprint density at radius 3 is 2.48 bits per heavy atom. The molecule has 116 valence electrons. The predicted molar refractivity (Wildman–Crippen MR) is 95.2 cm³/mol. The maximum atomic E-state index is 12.6. The first-order chi connectivity index (χ1) is 11.1. The number of para-hydroxylation sites is 1. The Bertz CT molecular complexity index is 871. The van der Waals surface area contributed by atoms with Crippen molar-refractivity contribution in [3.05, 3.63) is 65.7 Å². The minimum absolute atomic E-state index is 0.107. The quantitative estimate of drug-likeness (QED) is 0.799. The average molecular weight is 305 g/mol. The topological polar surface area (TPSA) is 45.2 Å². The minimum Gasteiger partial charge on any atom is -0.363 e. The lowest BCUT2D eigenvalue weighted by atomic mass is 10.1. The van der Waals surface area contributed by atoms with Crippen LogP contribution >= 0.6 is 0 Å². The molecule has 0 bridgehead atoms. The van der Waals surface area contributed by atoms with Gasteiger partial charge in [0.05, 0.1) is 11.2 Å². The van der Waals surface area contributed by atoms with Gasteiger partial charge in [0.25, 0.3) is 5.91 Å². The summed E-state index contributed by atoms with van der Waals surface area (Å²) in [4.78, 5) is 19.1. The summed E-state index contributed by atoms with van der Waals surface area (Å²) < 4.78 is 0. The molecule has 0 saturated carbocycles. The lowest BCUT2D eigenvalue weighted by Gasteiger charge is -2.16. The van der Waals surface area contributed by atoms with Crippen molar-refractivity contribution >= 4 is 28.3 Å². The van der Waals surface area contributed by atoms with E-state index in [1.807, 2.05) is 80.5 Å². The fraction of sp³-hybridized carbons (Fsp3) is 0.158. The molecule has 0 saturated heterocycles. The maximum Gasteiger partial charge on any atom is 0.255 e. The lowest BCUT2D eigenvalue weighted by molar-refractivity contribution is 0.102. The van der Waals surface area contributed by atoms with E-state index in [-0.39, 0.29) is 5.91 Å². The molecule has 0 aliphatic carbocycles. The Morgan fingerprint density at radius 1 is 1.04 bits per heavy atom. The average Bonchev–Trinajstić information content (AvgIpc) is 2.55. The molecule has 1 aromatic heterocycles. The van der Waals surface area contributed by atoms with Gasteiger partial charge in [-0.25, -0.2) is 4.98 Å². The maximum absolute atomic E-state index is 12.6. The second kappa shape index (κ2) is 6.08. The number of pyridine rings is 1. The van der Waals surface area contributed by atoms with Crippen molar-refractivity contribution in [3.8, 4) is 0 Å². The summed E-state index contributed by atoms with van der Waals surface area (Å²) in [7, 11) is 3.87. The Hall–Kier alpha value is -2.88. The fourth-order valence-corrected chi connectivity index (χ4v) is 2.51. The van der Waals surface area contributed by atoms with Gasteiger partial charge in [-0.05, 0) is 24.6 Å². The fourth-order valence-electron chi connectivity index (χ4n) is 2.51. The summed E-state index contributed by atoms with van der Waals surface area (Å²) in [5.41, 5.74) is 3.27. The van der Waals surface area contributed by atoms with Crippen LogP contribution in [0.1, 0.15) is 15.9 Å². The molecule has 1 amide bonds. The number of hydrogen-bond donors (Lipinski definition) is 1. The highest BCUT2D eigenvalue weighted by molar-refractivity contribution is 6.09. The van der Waals surface area contributed by atoms with E-state index in [9.17, 15) is 4.79 Å². The van der Waals surface area contributed by atoms with Crippen LogP contribution in [-0.2, 0) is 0 Å². The van der Waals surface area contributed by atoms with Crippen LogP contribution in [0.4, 0.5) is 11.5 Å². The van der Waals surface area contributed by atoms with Gasteiger partial charge in [0, 0.05) is 31.1 Å². The van der Waals surface area contributed by atoms with Crippen molar-refractivity contribution in [2.24, 2.45) is 0 Å². The van der Waals surface area contributed by atoms with Crippen molar-refractivity contribution < 1.29 is 4.79 Å². The molecule has 23 heavy (non-hydrogen) atoms. The molecule has 1 N–H and O–H groups in total. The van der Waals surface area contributed by atoms with Gasteiger partial charge in [0.15, 0.2) is 0 Å². The highest BCUT2D eigenvalue weighted by Gasteiger charge is 2.12. The van der Waals surface area contributed by atoms with Crippen LogP contribution in [-0.4, -0.2) is 25.0 Å². The number of carbonyl (C=O) groups excluding carboxylic acids is 1. The van der Waals surface area contributed by atoms with Crippen molar-refractivity contribution in [1.29, 1.82) is 0 Å². The number of anilines is 2. The van der Waals surface area contributed by atoms with Gasteiger partial charge in [-0.2, -0.15) is 0 Å². The molecule has 4 heteroatoms. The Morgan fingerprint density at radius 2 is 1.74 bits per heavy atom. The van der Waals surface area contributed by atoms with Gasteiger partial charge in [-0.15, -0.1) is 0 Å². The molecule has 1 heterocycles. The van der Waals surface area contributed by atoms with E-state index in [0.29, 0.717) is 5.56 Å². The number of rotatable bonds is 3. The number of aromatic nitrogens is 1. The molecule has 0 spiro atoms. The molecule has 0 aliphatic heterocycles. The number of benzene rings is 2. The Kier molecular flexibility index (Phi) is 3.98. The number of hydrogen-bond acceptors (Lipinski definition) is 3. The summed E-state index contributed by atoms with van der Waals surface area (Å²) >= 11 is 0. The van der Waals surface area contributed by atoms with E-state index in [1.165, 1.54) is 0 Å². The third kappa shape index (κ3) is 3.01. The molecule has 0 atom stereocenters. The number of aryl methyl sites for hydroxylation is 1. The van der Waals surface area contributed by atoms with Crippen molar-refractivity contribution in [1.82, 2.24) is 4.98 Å². The van der Waals surface area contributed by atoms with E-state index in [0.717, 1.165) is 28.0 Å². The molecule has 3 rings (SSSR count). The van der Waals surface area contributed by atoms with Crippen LogP contribution in [0.25, 0.3) is 10.9 Å². The zero-order valence-corrected chi connectivity index (χ0v) is 13.5. The molecular weight excluding hydrogens is 286 g/mol. The van der Waals surface area contributed by atoms with Crippen molar-refractivity contribution in [3.63, 3.8) is 0 Å². The summed E-state index contributed by atoms with van der Waals surface area (Å²) in [5, 5.41) is 3.96. The van der Waals surface area contributed by atoms with E-state index in [2.05, 4.69) is 10.3 Å². The van der Waals surface area contributed by atoms with Crippen molar-refractivity contribution in [2.45, 2.75) is 6.92 Å². The molecule has 0 fully saturated rings. The molecule has 0 unspecified atom stereocenters. The van der Waals surface area contributed by atoms with Gasteiger partial charge in [0.1, 0.15) is 5.82 Å². The van der Waals surface area contributed by atoms with Crippen LogP contribution in [0.15, 0.2) is 54.6 Å². The van der Waals surface area contributed by atoms with Crippen molar-refractivity contribution in [2.75, 3.05) is 24.3 Å². The zero-order valence-electron chi connectivity index (χ0n) is 13.5. The van der Waals surface area contributed by atoms with Crippen LogP contribution in [0.5, 0.6) is 0 Å². The van der Waals surface area contributed by atoms with Gasteiger partial charge in [-0.3, -0.25) is 4.79 Å². The number of nitrogens with one attached hydrogen (secondary N) is 1. The molecule has 0 radical (unpaired) electrons. The second-order valence-corrected chi connectivity index (χ2v) is 5.71. The second-order valence-electron chi connectivity index (χ2n) is 5.71. The lowest BCUT2D eigenvalue weighted by Crippen LogP contribution is -2.15. The van der Waals surface area contributed by atoms with Crippen LogP contribution in [0, 0.1) is 6.92 Å². The standard InChI is InChI=1S/C19H19N3O/c1-13-8-4-5-9-14(13)19(23)21-17-12-18(22(2)3)20-16-11-7-6-10-15(16)17/h4-12H,1-3H3,(H,20,21,23). The van der Waals surface area contributed by atoms with Gasteiger partial charge in [0.2, 0.25) is 0 Å². The molecule has 3 aromatic rings. The number of carbonyl (C=O) groups is 1.